The number of aryl methyl sites for hydroxylation is 1. The molecule has 2 aromatic rings. The van der Waals surface area contributed by atoms with E-state index < -0.39 is 0 Å². The molecule has 6 nitrogen and oxygen atoms in total. The minimum atomic E-state index is -0.0487. The van der Waals surface area contributed by atoms with E-state index in [9.17, 15) is 4.79 Å². The maximum Gasteiger partial charge on any atom is 0.222 e. The fraction of sp³-hybridized carbons (Fsp3) is 0.474. The van der Waals surface area contributed by atoms with Crippen molar-refractivity contribution in [1.82, 2.24) is 20.0 Å². The van der Waals surface area contributed by atoms with Gasteiger partial charge in [-0.3, -0.25) is 14.4 Å². The van der Waals surface area contributed by atoms with Gasteiger partial charge in [-0.1, -0.05) is 30.3 Å². The third-order valence-electron chi connectivity index (χ3n) is 4.70. The van der Waals surface area contributed by atoms with Crippen LogP contribution in [-0.2, 0) is 29.7 Å². The van der Waals surface area contributed by atoms with Crippen molar-refractivity contribution >= 4 is 5.91 Å². The number of ether oxygens (including phenoxy) is 1. The molecule has 0 bridgehead atoms. The standard InChI is InChI=1S/C19H26N4O2/c1-15-17(12-21-22(15)2)11-20-19(24)10-18-14-23(8-9-25-18)13-16-6-4-3-5-7-16/h3-7,12,18H,8-11,13-14H2,1-2H3,(H,20,24). The number of nitrogens with one attached hydrogen (secondary N) is 1. The molecule has 134 valence electrons. The Bertz CT molecular complexity index is 699. The smallest absolute Gasteiger partial charge is 0.222 e. The largest absolute Gasteiger partial charge is 0.375 e. The number of nitrogens with zero attached hydrogens (tertiary/aromatic N) is 3. The van der Waals surface area contributed by atoms with E-state index in [4.69, 9.17) is 4.74 Å². The highest BCUT2D eigenvalue weighted by molar-refractivity contribution is 5.76. The van der Waals surface area contributed by atoms with Gasteiger partial charge >= 0.3 is 0 Å². The quantitative estimate of drug-likeness (QED) is 0.867. The molecule has 1 aromatic heterocycles. The van der Waals surface area contributed by atoms with Crippen molar-refractivity contribution in [1.29, 1.82) is 0 Å². The Balaban J connectivity index is 1.45. The number of benzene rings is 1. The second kappa shape index (κ2) is 8.27. The summed E-state index contributed by atoms with van der Waals surface area (Å²) in [6, 6.07) is 10.4. The van der Waals surface area contributed by atoms with Crippen molar-refractivity contribution in [3.8, 4) is 0 Å². The van der Waals surface area contributed by atoms with E-state index in [0.29, 0.717) is 19.6 Å². The molecule has 2 heterocycles. The molecule has 1 aliphatic rings. The summed E-state index contributed by atoms with van der Waals surface area (Å²) in [5, 5.41) is 7.17. The van der Waals surface area contributed by atoms with Crippen LogP contribution in [-0.4, -0.2) is 46.4 Å². The lowest BCUT2D eigenvalue weighted by Crippen LogP contribution is -2.44. The molecule has 0 aliphatic carbocycles. The van der Waals surface area contributed by atoms with Crippen LogP contribution in [0.3, 0.4) is 0 Å². The molecule has 1 saturated heterocycles. The maximum absolute atomic E-state index is 12.2. The first kappa shape index (κ1) is 17.6. The minimum Gasteiger partial charge on any atom is -0.375 e. The summed E-state index contributed by atoms with van der Waals surface area (Å²) in [5.74, 6) is 0.0230. The number of amides is 1. The van der Waals surface area contributed by atoms with E-state index >= 15 is 0 Å². The molecule has 1 aromatic carbocycles. The third kappa shape index (κ3) is 4.90. The van der Waals surface area contributed by atoms with Gasteiger partial charge in [0.25, 0.3) is 0 Å². The highest BCUT2D eigenvalue weighted by Gasteiger charge is 2.23. The molecule has 1 N–H and O–H groups in total. The summed E-state index contributed by atoms with van der Waals surface area (Å²) < 4.78 is 7.59. The molecule has 0 saturated carbocycles. The van der Waals surface area contributed by atoms with Crippen molar-refractivity contribution in [3.63, 3.8) is 0 Å². The number of aromatic nitrogens is 2. The Morgan fingerprint density at radius 2 is 2.16 bits per heavy atom. The van der Waals surface area contributed by atoms with Gasteiger partial charge in [0, 0.05) is 44.5 Å². The van der Waals surface area contributed by atoms with Crippen LogP contribution in [0.25, 0.3) is 0 Å². The third-order valence-corrected chi connectivity index (χ3v) is 4.70. The SMILES string of the molecule is Cc1c(CNC(=O)CC2CN(Cc3ccccc3)CCO2)cnn1C. The van der Waals surface area contributed by atoms with Crippen molar-refractivity contribution in [2.75, 3.05) is 19.7 Å². The van der Waals surface area contributed by atoms with Gasteiger partial charge in [-0.2, -0.15) is 5.10 Å². The van der Waals surface area contributed by atoms with E-state index in [2.05, 4.69) is 39.6 Å². The second-order valence-corrected chi connectivity index (χ2v) is 6.57. The number of rotatable bonds is 6. The van der Waals surface area contributed by atoms with Crippen LogP contribution >= 0.6 is 0 Å². The van der Waals surface area contributed by atoms with Crippen molar-refractivity contribution in [3.05, 3.63) is 53.3 Å². The van der Waals surface area contributed by atoms with Crippen LogP contribution in [0.1, 0.15) is 23.2 Å². The van der Waals surface area contributed by atoms with Crippen LogP contribution in [0.15, 0.2) is 36.5 Å². The van der Waals surface area contributed by atoms with Crippen LogP contribution in [0.4, 0.5) is 0 Å². The summed E-state index contributed by atoms with van der Waals surface area (Å²) in [5.41, 5.74) is 3.41. The van der Waals surface area contributed by atoms with Gasteiger partial charge in [0.05, 0.1) is 25.3 Å². The number of hydrogen-bond donors (Lipinski definition) is 1. The Kier molecular flexibility index (Phi) is 5.83. The van der Waals surface area contributed by atoms with E-state index in [1.807, 2.05) is 24.7 Å². The van der Waals surface area contributed by atoms with Crippen LogP contribution < -0.4 is 5.32 Å². The monoisotopic (exact) mass is 342 g/mol. The second-order valence-electron chi connectivity index (χ2n) is 6.57. The fourth-order valence-electron chi connectivity index (χ4n) is 3.08. The highest BCUT2D eigenvalue weighted by Crippen LogP contribution is 2.13. The zero-order valence-electron chi connectivity index (χ0n) is 14.9. The van der Waals surface area contributed by atoms with Crippen molar-refractivity contribution < 1.29 is 9.53 Å². The summed E-state index contributed by atoms with van der Waals surface area (Å²) in [4.78, 5) is 14.6. The predicted molar refractivity (Wildman–Crippen MR) is 95.9 cm³/mol. The lowest BCUT2D eigenvalue weighted by atomic mass is 10.1. The van der Waals surface area contributed by atoms with Gasteiger partial charge in [-0.25, -0.2) is 0 Å². The molecule has 6 heteroatoms. The van der Waals surface area contributed by atoms with E-state index in [0.717, 1.165) is 30.9 Å². The molecule has 1 atom stereocenters. The molecular formula is C19H26N4O2. The van der Waals surface area contributed by atoms with Crippen molar-refractivity contribution in [2.45, 2.75) is 32.5 Å². The van der Waals surface area contributed by atoms with Crippen molar-refractivity contribution in [2.24, 2.45) is 7.05 Å². The summed E-state index contributed by atoms with van der Waals surface area (Å²) >= 11 is 0. The van der Waals surface area contributed by atoms with Crippen LogP contribution in [0.5, 0.6) is 0 Å². The average molecular weight is 342 g/mol. The number of morpholine rings is 1. The van der Waals surface area contributed by atoms with Gasteiger partial charge < -0.3 is 10.1 Å². The normalized spacial score (nSPS) is 18.2. The fourth-order valence-corrected chi connectivity index (χ4v) is 3.08. The zero-order chi connectivity index (χ0) is 17.6. The summed E-state index contributed by atoms with van der Waals surface area (Å²) in [6.45, 7) is 5.78. The van der Waals surface area contributed by atoms with Gasteiger partial charge in [-0.05, 0) is 12.5 Å². The van der Waals surface area contributed by atoms with Gasteiger partial charge in [0.15, 0.2) is 0 Å². The number of carbonyl (C=O) groups is 1. The minimum absolute atomic E-state index is 0.0230. The lowest BCUT2D eigenvalue weighted by molar-refractivity contribution is -0.126. The average Bonchev–Trinajstić information content (AvgIpc) is 2.93. The summed E-state index contributed by atoms with van der Waals surface area (Å²) in [6.07, 6.45) is 2.14. The Hall–Kier alpha value is -2.18. The zero-order valence-corrected chi connectivity index (χ0v) is 14.9. The van der Waals surface area contributed by atoms with E-state index in [1.54, 1.807) is 6.20 Å². The van der Waals surface area contributed by atoms with E-state index in [1.165, 1.54) is 5.56 Å². The first-order chi connectivity index (χ1) is 12.1. The highest BCUT2D eigenvalue weighted by atomic mass is 16.5. The predicted octanol–water partition coefficient (Wildman–Crippen LogP) is 1.64. The lowest BCUT2D eigenvalue weighted by Gasteiger charge is -2.32. The summed E-state index contributed by atoms with van der Waals surface area (Å²) in [7, 11) is 1.90. The van der Waals surface area contributed by atoms with Gasteiger partial charge in [0.2, 0.25) is 5.91 Å². The number of carbonyl (C=O) groups excluding carboxylic acids is 1. The molecule has 1 aliphatic heterocycles. The molecule has 0 radical (unpaired) electrons. The van der Waals surface area contributed by atoms with Gasteiger partial charge in [0.1, 0.15) is 0 Å². The van der Waals surface area contributed by atoms with Crippen LogP contribution in [0, 0.1) is 6.92 Å². The van der Waals surface area contributed by atoms with Crippen LogP contribution in [0.2, 0.25) is 0 Å². The molecule has 1 fully saturated rings. The molecule has 1 unspecified atom stereocenters. The van der Waals surface area contributed by atoms with Gasteiger partial charge in [-0.15, -0.1) is 0 Å². The molecule has 25 heavy (non-hydrogen) atoms. The molecule has 0 spiro atoms. The van der Waals surface area contributed by atoms with E-state index in [-0.39, 0.29) is 12.0 Å². The maximum atomic E-state index is 12.2. The Morgan fingerprint density at radius 1 is 1.36 bits per heavy atom. The topological polar surface area (TPSA) is 59.4 Å². The first-order valence-electron chi connectivity index (χ1n) is 8.74. The Morgan fingerprint density at radius 3 is 2.88 bits per heavy atom. The number of hydrogen-bond acceptors (Lipinski definition) is 4. The molecular weight excluding hydrogens is 316 g/mol. The molecule has 3 rings (SSSR count). The Labute approximate surface area is 148 Å². The first-order valence-corrected chi connectivity index (χ1v) is 8.74. The molecule has 1 amide bonds.